The van der Waals surface area contributed by atoms with Gasteiger partial charge >= 0.3 is 6.36 Å². The molecule has 0 spiro atoms. The SMILES string of the molecule is CC1CCCC(CN)N1Cc1ccccc1OC(F)(F)F. The average molecular weight is 302 g/mol. The van der Waals surface area contributed by atoms with Crippen molar-refractivity contribution in [3.05, 3.63) is 29.8 Å². The molecule has 1 aromatic rings. The summed E-state index contributed by atoms with van der Waals surface area (Å²) in [6.45, 7) is 3.04. The van der Waals surface area contributed by atoms with Gasteiger partial charge in [-0.3, -0.25) is 4.90 Å². The van der Waals surface area contributed by atoms with E-state index in [1.165, 1.54) is 6.07 Å². The molecule has 0 aromatic heterocycles. The number of nitrogens with zero attached hydrogens (tertiary/aromatic N) is 1. The third-order valence-corrected chi connectivity index (χ3v) is 4.02. The van der Waals surface area contributed by atoms with E-state index >= 15 is 0 Å². The molecule has 1 fully saturated rings. The summed E-state index contributed by atoms with van der Waals surface area (Å²) >= 11 is 0. The number of rotatable bonds is 4. The van der Waals surface area contributed by atoms with Crippen LogP contribution in [-0.2, 0) is 6.54 Å². The Kier molecular flexibility index (Phi) is 5.11. The highest BCUT2D eigenvalue weighted by atomic mass is 19.4. The Bertz CT molecular complexity index is 464. The first-order chi connectivity index (χ1) is 9.90. The number of likely N-dealkylation sites (tertiary alicyclic amines) is 1. The molecule has 1 aliphatic heterocycles. The van der Waals surface area contributed by atoms with Crippen LogP contribution in [0.5, 0.6) is 5.75 Å². The van der Waals surface area contributed by atoms with Crippen molar-refractivity contribution in [1.82, 2.24) is 4.90 Å². The summed E-state index contributed by atoms with van der Waals surface area (Å²) in [6, 6.07) is 6.83. The lowest BCUT2D eigenvalue weighted by atomic mass is 9.95. The molecule has 0 radical (unpaired) electrons. The Labute approximate surface area is 122 Å². The number of piperidine rings is 1. The van der Waals surface area contributed by atoms with Gasteiger partial charge in [0.2, 0.25) is 0 Å². The third kappa shape index (κ3) is 4.35. The maximum absolute atomic E-state index is 12.5. The van der Waals surface area contributed by atoms with E-state index in [4.69, 9.17) is 5.73 Å². The predicted octanol–water partition coefficient (Wildman–Crippen LogP) is 3.29. The van der Waals surface area contributed by atoms with Gasteiger partial charge in [0.15, 0.2) is 0 Å². The van der Waals surface area contributed by atoms with Crippen molar-refractivity contribution in [3.63, 3.8) is 0 Å². The summed E-state index contributed by atoms with van der Waals surface area (Å²) in [7, 11) is 0. The lowest BCUT2D eigenvalue weighted by Gasteiger charge is -2.40. The number of alkyl halides is 3. The second kappa shape index (κ2) is 6.66. The molecular formula is C15H21F3N2O. The molecule has 21 heavy (non-hydrogen) atoms. The summed E-state index contributed by atoms with van der Waals surface area (Å²) in [6.07, 6.45) is -1.53. The molecule has 1 aliphatic rings. The minimum absolute atomic E-state index is 0.126. The van der Waals surface area contributed by atoms with Crippen molar-refractivity contribution in [3.8, 4) is 5.75 Å². The van der Waals surface area contributed by atoms with E-state index in [9.17, 15) is 13.2 Å². The second-order valence-electron chi connectivity index (χ2n) is 5.50. The standard InChI is InChI=1S/C15H21F3N2O/c1-11-5-4-7-13(9-19)20(11)10-12-6-2-3-8-14(12)21-15(16,17)18/h2-3,6,8,11,13H,4-5,7,9-10,19H2,1H3. The minimum Gasteiger partial charge on any atom is -0.405 e. The fourth-order valence-electron chi connectivity index (χ4n) is 2.93. The maximum Gasteiger partial charge on any atom is 0.573 e. The van der Waals surface area contributed by atoms with Crippen LogP contribution in [0.2, 0.25) is 0 Å². The van der Waals surface area contributed by atoms with Crippen LogP contribution in [0.15, 0.2) is 24.3 Å². The van der Waals surface area contributed by atoms with E-state index in [1.807, 2.05) is 0 Å². The van der Waals surface area contributed by atoms with Crippen molar-refractivity contribution in [1.29, 1.82) is 0 Å². The number of halogens is 3. The quantitative estimate of drug-likeness (QED) is 0.927. The fourth-order valence-corrected chi connectivity index (χ4v) is 2.93. The van der Waals surface area contributed by atoms with Gasteiger partial charge in [0.05, 0.1) is 0 Å². The first-order valence-corrected chi connectivity index (χ1v) is 7.20. The molecular weight excluding hydrogens is 281 g/mol. The van der Waals surface area contributed by atoms with Gasteiger partial charge in [0.25, 0.3) is 0 Å². The molecule has 0 bridgehead atoms. The Hall–Kier alpha value is -1.27. The smallest absolute Gasteiger partial charge is 0.405 e. The molecule has 0 amide bonds. The van der Waals surface area contributed by atoms with Crippen LogP contribution in [-0.4, -0.2) is 29.9 Å². The third-order valence-electron chi connectivity index (χ3n) is 4.02. The van der Waals surface area contributed by atoms with Gasteiger partial charge < -0.3 is 10.5 Å². The van der Waals surface area contributed by atoms with Crippen molar-refractivity contribution in [2.24, 2.45) is 5.73 Å². The average Bonchev–Trinajstić information content (AvgIpc) is 2.41. The van der Waals surface area contributed by atoms with Gasteiger partial charge in [0, 0.05) is 30.7 Å². The number of ether oxygens (including phenoxy) is 1. The first kappa shape index (κ1) is 16.1. The summed E-state index contributed by atoms with van der Waals surface area (Å²) < 4.78 is 41.5. The Morgan fingerprint density at radius 2 is 2.00 bits per heavy atom. The molecule has 2 N–H and O–H groups in total. The molecule has 1 saturated heterocycles. The first-order valence-electron chi connectivity index (χ1n) is 7.20. The topological polar surface area (TPSA) is 38.5 Å². The molecule has 2 rings (SSSR count). The van der Waals surface area contributed by atoms with Crippen LogP contribution in [0.3, 0.4) is 0 Å². The number of benzene rings is 1. The molecule has 1 heterocycles. The normalized spacial score (nSPS) is 24.0. The van der Waals surface area contributed by atoms with Crippen molar-refractivity contribution < 1.29 is 17.9 Å². The van der Waals surface area contributed by atoms with Crippen molar-refractivity contribution >= 4 is 0 Å². The lowest BCUT2D eigenvalue weighted by molar-refractivity contribution is -0.275. The summed E-state index contributed by atoms with van der Waals surface area (Å²) in [4.78, 5) is 2.18. The van der Waals surface area contributed by atoms with E-state index in [0.29, 0.717) is 24.7 Å². The van der Waals surface area contributed by atoms with E-state index in [0.717, 1.165) is 19.3 Å². The predicted molar refractivity (Wildman–Crippen MR) is 74.8 cm³/mol. The monoisotopic (exact) mass is 302 g/mol. The van der Waals surface area contributed by atoms with E-state index in [1.54, 1.807) is 18.2 Å². The summed E-state index contributed by atoms with van der Waals surface area (Å²) in [5, 5.41) is 0. The van der Waals surface area contributed by atoms with Gasteiger partial charge in [-0.25, -0.2) is 0 Å². The van der Waals surface area contributed by atoms with Crippen LogP contribution in [0.4, 0.5) is 13.2 Å². The molecule has 0 saturated carbocycles. The molecule has 2 atom stereocenters. The molecule has 3 nitrogen and oxygen atoms in total. The molecule has 118 valence electrons. The van der Waals surface area contributed by atoms with Gasteiger partial charge in [-0.1, -0.05) is 24.6 Å². The fraction of sp³-hybridized carbons (Fsp3) is 0.600. The second-order valence-corrected chi connectivity index (χ2v) is 5.50. The number of hydrogen-bond acceptors (Lipinski definition) is 3. The highest BCUT2D eigenvalue weighted by Crippen LogP contribution is 2.30. The van der Waals surface area contributed by atoms with Crippen LogP contribution in [0, 0.1) is 0 Å². The Balaban J connectivity index is 2.18. The van der Waals surface area contributed by atoms with E-state index < -0.39 is 6.36 Å². The van der Waals surface area contributed by atoms with E-state index in [-0.39, 0.29) is 11.8 Å². The van der Waals surface area contributed by atoms with Crippen LogP contribution >= 0.6 is 0 Å². The highest BCUT2D eigenvalue weighted by Gasteiger charge is 2.33. The zero-order valence-corrected chi connectivity index (χ0v) is 12.1. The summed E-state index contributed by atoms with van der Waals surface area (Å²) in [5.74, 6) is -0.126. The van der Waals surface area contributed by atoms with Crippen LogP contribution in [0.25, 0.3) is 0 Å². The van der Waals surface area contributed by atoms with Gasteiger partial charge in [0.1, 0.15) is 5.75 Å². The largest absolute Gasteiger partial charge is 0.573 e. The van der Waals surface area contributed by atoms with Crippen molar-refractivity contribution in [2.45, 2.75) is 51.2 Å². The number of para-hydroxylation sites is 1. The van der Waals surface area contributed by atoms with Crippen LogP contribution < -0.4 is 10.5 Å². The Morgan fingerprint density at radius 3 is 2.67 bits per heavy atom. The van der Waals surface area contributed by atoms with Crippen LogP contribution in [0.1, 0.15) is 31.7 Å². The number of hydrogen-bond donors (Lipinski definition) is 1. The molecule has 2 unspecified atom stereocenters. The molecule has 1 aromatic carbocycles. The van der Waals surface area contributed by atoms with Gasteiger partial charge in [-0.2, -0.15) is 0 Å². The van der Waals surface area contributed by atoms with Gasteiger partial charge in [-0.05, 0) is 25.8 Å². The lowest BCUT2D eigenvalue weighted by Crippen LogP contribution is -2.48. The highest BCUT2D eigenvalue weighted by molar-refractivity contribution is 5.33. The zero-order valence-electron chi connectivity index (χ0n) is 12.1. The summed E-state index contributed by atoms with van der Waals surface area (Å²) in [5.41, 5.74) is 6.34. The minimum atomic E-state index is -4.67. The molecule has 0 aliphatic carbocycles. The van der Waals surface area contributed by atoms with Gasteiger partial charge in [-0.15, -0.1) is 13.2 Å². The maximum atomic E-state index is 12.5. The number of nitrogens with two attached hydrogens (primary N) is 1. The zero-order chi connectivity index (χ0) is 15.5. The molecule has 6 heteroatoms. The van der Waals surface area contributed by atoms with Crippen molar-refractivity contribution in [2.75, 3.05) is 6.54 Å². The Morgan fingerprint density at radius 1 is 1.29 bits per heavy atom. The van der Waals surface area contributed by atoms with E-state index in [2.05, 4.69) is 16.6 Å².